The number of carboxylic acids is 1. The van der Waals surface area contributed by atoms with Gasteiger partial charge in [-0.1, -0.05) is 35.9 Å². The van der Waals surface area contributed by atoms with Crippen molar-refractivity contribution in [2.75, 3.05) is 33.3 Å². The van der Waals surface area contributed by atoms with Gasteiger partial charge >= 0.3 is 18.2 Å². The first-order valence-electron chi connectivity index (χ1n) is 12.4. The number of imide groups is 1. The zero-order chi connectivity index (χ0) is 28.7. The van der Waals surface area contributed by atoms with Gasteiger partial charge < -0.3 is 14.7 Å². The average Bonchev–Trinajstić information content (AvgIpc) is 2.86. The summed E-state index contributed by atoms with van der Waals surface area (Å²) in [5, 5.41) is 9.94. The maximum absolute atomic E-state index is 13.2. The molecule has 1 aliphatic rings. The van der Waals surface area contributed by atoms with Crippen molar-refractivity contribution in [3.05, 3.63) is 64.2 Å². The van der Waals surface area contributed by atoms with E-state index in [9.17, 15) is 32.7 Å². The van der Waals surface area contributed by atoms with Crippen molar-refractivity contribution < 1.29 is 37.4 Å². The Morgan fingerprint density at radius 3 is 2.49 bits per heavy atom. The number of carboxylic acid groups (broad SMARTS) is 1. The standard InChI is InChI=1S/C27H31ClF3N3O5/c1-18-15-19(3-8-23(18)39-14-13-34-24(35)9-11-32(2)26(34)38)17-33(12-10-27(29,30)31)22(16-25(36)37)20-4-6-21(28)7-5-20/h3-8,15,22H,9-14,16-17H2,1-2H3,(H,36,37). The molecule has 1 aliphatic heterocycles. The molecule has 0 bridgehead atoms. The van der Waals surface area contributed by atoms with Gasteiger partial charge in [0.2, 0.25) is 5.91 Å². The lowest BCUT2D eigenvalue weighted by molar-refractivity contribution is -0.142. The van der Waals surface area contributed by atoms with Gasteiger partial charge in [0.25, 0.3) is 0 Å². The molecule has 39 heavy (non-hydrogen) atoms. The molecule has 1 unspecified atom stereocenters. The van der Waals surface area contributed by atoms with Crippen LogP contribution in [0.25, 0.3) is 0 Å². The second kappa shape index (κ2) is 13.2. The molecule has 0 radical (unpaired) electrons. The summed E-state index contributed by atoms with van der Waals surface area (Å²) in [6.45, 7) is 2.00. The van der Waals surface area contributed by atoms with Crippen LogP contribution in [-0.2, 0) is 16.1 Å². The smallest absolute Gasteiger partial charge is 0.390 e. The molecule has 3 amide bonds. The van der Waals surface area contributed by atoms with Gasteiger partial charge in [-0.3, -0.25) is 19.4 Å². The fraction of sp³-hybridized carbons (Fsp3) is 0.444. The first kappa shape index (κ1) is 30.2. The lowest BCUT2D eigenvalue weighted by Crippen LogP contribution is -2.51. The predicted molar refractivity (Wildman–Crippen MR) is 139 cm³/mol. The Kier molecular flexibility index (Phi) is 10.2. The summed E-state index contributed by atoms with van der Waals surface area (Å²) in [4.78, 5) is 40.0. The number of carbonyl (C=O) groups excluding carboxylic acids is 2. The van der Waals surface area contributed by atoms with Gasteiger partial charge in [-0.25, -0.2) is 4.79 Å². The number of hydrogen-bond donors (Lipinski definition) is 1. The van der Waals surface area contributed by atoms with Crippen LogP contribution < -0.4 is 4.74 Å². The van der Waals surface area contributed by atoms with Crippen molar-refractivity contribution in [1.82, 2.24) is 14.7 Å². The van der Waals surface area contributed by atoms with Crippen molar-refractivity contribution in [2.24, 2.45) is 0 Å². The molecule has 0 spiro atoms. The number of hydrogen-bond acceptors (Lipinski definition) is 5. The van der Waals surface area contributed by atoms with Crippen molar-refractivity contribution in [2.45, 2.75) is 44.9 Å². The number of nitrogens with zero attached hydrogens (tertiary/aromatic N) is 3. The van der Waals surface area contributed by atoms with Gasteiger partial charge in [0.15, 0.2) is 0 Å². The van der Waals surface area contributed by atoms with Gasteiger partial charge in [0, 0.05) is 44.2 Å². The van der Waals surface area contributed by atoms with E-state index in [0.29, 0.717) is 34.0 Å². The zero-order valence-electron chi connectivity index (χ0n) is 21.7. The number of alkyl halides is 3. The highest BCUT2D eigenvalue weighted by molar-refractivity contribution is 6.30. The highest BCUT2D eigenvalue weighted by Gasteiger charge is 2.32. The molecule has 12 heteroatoms. The summed E-state index contributed by atoms with van der Waals surface area (Å²) in [7, 11) is 1.62. The van der Waals surface area contributed by atoms with Crippen molar-refractivity contribution in [1.29, 1.82) is 0 Å². The quantitative estimate of drug-likeness (QED) is 0.374. The molecule has 212 valence electrons. The summed E-state index contributed by atoms with van der Waals surface area (Å²) in [5.74, 6) is -0.890. The van der Waals surface area contributed by atoms with Crippen LogP contribution in [0.4, 0.5) is 18.0 Å². The topological polar surface area (TPSA) is 90.4 Å². The number of benzene rings is 2. The maximum Gasteiger partial charge on any atom is 0.390 e. The van der Waals surface area contributed by atoms with Gasteiger partial charge in [-0.15, -0.1) is 0 Å². The zero-order valence-corrected chi connectivity index (χ0v) is 22.5. The number of carbonyl (C=O) groups is 3. The molecule has 2 aromatic carbocycles. The molecule has 2 aromatic rings. The Labute approximate surface area is 229 Å². The van der Waals surface area contributed by atoms with Crippen LogP contribution in [0, 0.1) is 6.92 Å². The lowest BCUT2D eigenvalue weighted by Gasteiger charge is -2.32. The minimum atomic E-state index is -4.41. The number of ether oxygens (including phenoxy) is 1. The summed E-state index contributed by atoms with van der Waals surface area (Å²) in [5.41, 5.74) is 1.93. The van der Waals surface area contributed by atoms with Gasteiger partial charge in [-0.05, 0) is 41.8 Å². The Balaban J connectivity index is 1.74. The van der Waals surface area contributed by atoms with Gasteiger partial charge in [-0.2, -0.15) is 13.2 Å². The number of halogens is 4. The van der Waals surface area contributed by atoms with Gasteiger partial charge in [0.05, 0.1) is 19.4 Å². The van der Waals surface area contributed by atoms with Gasteiger partial charge in [0.1, 0.15) is 12.4 Å². The molecule has 0 saturated carbocycles. The number of aryl methyl sites for hydroxylation is 1. The molecular formula is C27H31ClF3N3O5. The Hall–Kier alpha value is -3.31. The molecule has 3 rings (SSSR count). The Morgan fingerprint density at radius 2 is 1.87 bits per heavy atom. The third kappa shape index (κ3) is 8.86. The Morgan fingerprint density at radius 1 is 1.18 bits per heavy atom. The number of rotatable bonds is 12. The second-order valence-corrected chi connectivity index (χ2v) is 9.89. The lowest BCUT2D eigenvalue weighted by atomic mass is 10.00. The minimum absolute atomic E-state index is 0.0703. The van der Waals surface area contributed by atoms with Crippen molar-refractivity contribution in [3.8, 4) is 5.75 Å². The van der Waals surface area contributed by atoms with E-state index in [-0.39, 0.29) is 44.5 Å². The molecule has 0 aromatic heterocycles. The summed E-state index contributed by atoms with van der Waals surface area (Å²) < 4.78 is 45.2. The van der Waals surface area contributed by atoms with E-state index >= 15 is 0 Å². The van der Waals surface area contributed by atoms with Crippen LogP contribution in [0.2, 0.25) is 5.02 Å². The summed E-state index contributed by atoms with van der Waals surface area (Å²) >= 11 is 5.96. The van der Waals surface area contributed by atoms with E-state index in [4.69, 9.17) is 16.3 Å². The average molecular weight is 570 g/mol. The molecule has 1 atom stereocenters. The number of urea groups is 1. The van der Waals surface area contributed by atoms with Crippen LogP contribution in [-0.4, -0.2) is 77.2 Å². The van der Waals surface area contributed by atoms with Crippen LogP contribution in [0.1, 0.15) is 42.0 Å². The molecule has 1 fully saturated rings. The minimum Gasteiger partial charge on any atom is -0.491 e. The highest BCUT2D eigenvalue weighted by atomic mass is 35.5. The molecule has 1 N–H and O–H groups in total. The first-order chi connectivity index (χ1) is 18.3. The van der Waals surface area contributed by atoms with E-state index in [2.05, 4.69) is 0 Å². The molecule has 8 nitrogen and oxygen atoms in total. The van der Waals surface area contributed by atoms with Crippen molar-refractivity contribution >= 4 is 29.5 Å². The van der Waals surface area contributed by atoms with E-state index in [1.54, 1.807) is 56.4 Å². The van der Waals surface area contributed by atoms with Crippen LogP contribution >= 0.6 is 11.6 Å². The molecular weight excluding hydrogens is 539 g/mol. The SMILES string of the molecule is Cc1cc(CN(CCC(F)(F)F)C(CC(=O)O)c2ccc(Cl)cc2)ccc1OCCN1C(=O)CCN(C)C1=O. The maximum atomic E-state index is 13.2. The summed E-state index contributed by atoms with van der Waals surface area (Å²) in [6, 6.07) is 10.3. The fourth-order valence-corrected chi connectivity index (χ4v) is 4.53. The van der Waals surface area contributed by atoms with E-state index < -0.39 is 31.2 Å². The van der Waals surface area contributed by atoms with Crippen LogP contribution in [0.15, 0.2) is 42.5 Å². The third-order valence-electron chi connectivity index (χ3n) is 6.46. The fourth-order valence-electron chi connectivity index (χ4n) is 4.40. The van der Waals surface area contributed by atoms with Crippen LogP contribution in [0.3, 0.4) is 0 Å². The van der Waals surface area contributed by atoms with Crippen LogP contribution in [0.5, 0.6) is 5.75 Å². The third-order valence-corrected chi connectivity index (χ3v) is 6.72. The monoisotopic (exact) mass is 569 g/mol. The molecule has 1 heterocycles. The van der Waals surface area contributed by atoms with E-state index in [1.807, 2.05) is 0 Å². The number of amides is 3. The number of aliphatic carboxylic acids is 1. The predicted octanol–water partition coefficient (Wildman–Crippen LogP) is 5.28. The summed E-state index contributed by atoms with van der Waals surface area (Å²) in [6.07, 6.45) is -5.64. The van der Waals surface area contributed by atoms with E-state index in [0.717, 1.165) is 4.90 Å². The highest BCUT2D eigenvalue weighted by Crippen LogP contribution is 2.31. The second-order valence-electron chi connectivity index (χ2n) is 9.45. The largest absolute Gasteiger partial charge is 0.491 e. The van der Waals surface area contributed by atoms with Crippen molar-refractivity contribution in [3.63, 3.8) is 0 Å². The molecule has 1 saturated heterocycles. The molecule has 0 aliphatic carbocycles. The Bertz CT molecular complexity index is 1180. The first-order valence-corrected chi connectivity index (χ1v) is 12.8. The normalized spacial score (nSPS) is 15.2. The van der Waals surface area contributed by atoms with E-state index in [1.165, 1.54) is 9.80 Å².